The third-order valence-corrected chi connectivity index (χ3v) is 4.93. The van der Waals surface area contributed by atoms with Crippen LogP contribution in [0.1, 0.15) is 52.2 Å². The number of carbonyl (C=O) groups is 2. The van der Waals surface area contributed by atoms with Gasteiger partial charge in [0.15, 0.2) is 5.69 Å². The number of hydrogen-bond donors (Lipinski definition) is 2. The molecular formula is C19H21N3O4. The minimum absolute atomic E-state index is 0.105. The highest BCUT2D eigenvalue weighted by Gasteiger charge is 2.36. The molecule has 26 heavy (non-hydrogen) atoms. The van der Waals surface area contributed by atoms with Crippen molar-refractivity contribution < 1.29 is 19.4 Å². The van der Waals surface area contributed by atoms with E-state index in [4.69, 9.17) is 9.84 Å². The van der Waals surface area contributed by atoms with E-state index < -0.39 is 5.97 Å². The second-order valence-corrected chi connectivity index (χ2v) is 6.49. The van der Waals surface area contributed by atoms with Crippen LogP contribution in [0.3, 0.4) is 0 Å². The fourth-order valence-corrected chi connectivity index (χ4v) is 3.47. The Bertz CT molecular complexity index is 799. The second kappa shape index (κ2) is 7.51. The van der Waals surface area contributed by atoms with E-state index in [2.05, 4.69) is 21.4 Å². The van der Waals surface area contributed by atoms with Crippen molar-refractivity contribution in [3.63, 3.8) is 0 Å². The summed E-state index contributed by atoms with van der Waals surface area (Å²) >= 11 is 0. The summed E-state index contributed by atoms with van der Waals surface area (Å²) < 4.78 is 5.33. The summed E-state index contributed by atoms with van der Waals surface area (Å²) in [6, 6.07) is 7.97. The van der Waals surface area contributed by atoms with Gasteiger partial charge in [0.05, 0.1) is 19.5 Å². The Morgan fingerprint density at radius 2 is 1.88 bits per heavy atom. The standard InChI is InChI=1S/C19H21N3O4/c1-26-14-6-4-5-13(9-14)19(7-2-3-8-19)12-22-17(23)15-10-21-16(11-20-15)18(24)25/h4-6,9-11H,2-3,7-8,12H2,1H3,(H,22,23)(H,24,25). The molecule has 1 aromatic carbocycles. The summed E-state index contributed by atoms with van der Waals surface area (Å²) in [5.74, 6) is -0.730. The zero-order chi connectivity index (χ0) is 18.6. The predicted octanol–water partition coefficient (Wildman–Crippen LogP) is 2.43. The van der Waals surface area contributed by atoms with Crippen LogP contribution >= 0.6 is 0 Å². The van der Waals surface area contributed by atoms with Crippen LogP contribution in [0.5, 0.6) is 5.75 Å². The van der Waals surface area contributed by atoms with Gasteiger partial charge in [-0.3, -0.25) is 4.79 Å². The van der Waals surface area contributed by atoms with Crippen molar-refractivity contribution in [2.45, 2.75) is 31.1 Å². The van der Waals surface area contributed by atoms with Crippen LogP contribution in [-0.4, -0.2) is 40.6 Å². The molecule has 0 spiro atoms. The average molecular weight is 355 g/mol. The van der Waals surface area contributed by atoms with Crippen LogP contribution < -0.4 is 10.1 Å². The Morgan fingerprint density at radius 3 is 2.50 bits per heavy atom. The number of nitrogens with zero attached hydrogens (tertiary/aromatic N) is 2. The molecule has 0 unspecified atom stereocenters. The van der Waals surface area contributed by atoms with Crippen LogP contribution in [0.2, 0.25) is 0 Å². The van der Waals surface area contributed by atoms with Crippen molar-refractivity contribution >= 4 is 11.9 Å². The number of aromatic carboxylic acids is 1. The highest BCUT2D eigenvalue weighted by atomic mass is 16.5. The zero-order valence-electron chi connectivity index (χ0n) is 14.6. The minimum atomic E-state index is -1.17. The maximum Gasteiger partial charge on any atom is 0.356 e. The first-order valence-electron chi connectivity index (χ1n) is 8.52. The maximum atomic E-state index is 12.4. The number of amides is 1. The molecule has 7 heteroatoms. The van der Waals surface area contributed by atoms with Crippen LogP contribution in [0.15, 0.2) is 36.7 Å². The van der Waals surface area contributed by atoms with Gasteiger partial charge in [-0.2, -0.15) is 0 Å². The van der Waals surface area contributed by atoms with E-state index in [0.717, 1.165) is 43.2 Å². The maximum absolute atomic E-state index is 12.4. The van der Waals surface area contributed by atoms with E-state index in [-0.39, 0.29) is 22.7 Å². The molecule has 1 amide bonds. The lowest BCUT2D eigenvalue weighted by molar-refractivity contribution is 0.0689. The molecule has 136 valence electrons. The van der Waals surface area contributed by atoms with Crippen molar-refractivity contribution in [1.29, 1.82) is 0 Å². The third-order valence-electron chi connectivity index (χ3n) is 4.93. The quantitative estimate of drug-likeness (QED) is 0.825. The van der Waals surface area contributed by atoms with Gasteiger partial charge in [0.1, 0.15) is 11.4 Å². The lowest BCUT2D eigenvalue weighted by Gasteiger charge is -2.30. The van der Waals surface area contributed by atoms with E-state index >= 15 is 0 Å². The normalized spacial score (nSPS) is 15.4. The zero-order valence-corrected chi connectivity index (χ0v) is 14.6. The van der Waals surface area contributed by atoms with E-state index in [9.17, 15) is 9.59 Å². The van der Waals surface area contributed by atoms with Gasteiger partial charge in [0, 0.05) is 12.0 Å². The van der Waals surface area contributed by atoms with Gasteiger partial charge in [-0.1, -0.05) is 25.0 Å². The number of ether oxygens (including phenoxy) is 1. The van der Waals surface area contributed by atoms with Crippen LogP contribution in [0.25, 0.3) is 0 Å². The lowest BCUT2D eigenvalue weighted by atomic mass is 9.78. The molecule has 0 radical (unpaired) electrons. The molecule has 0 bridgehead atoms. The first-order valence-corrected chi connectivity index (χ1v) is 8.52. The average Bonchev–Trinajstić information content (AvgIpc) is 3.16. The van der Waals surface area contributed by atoms with E-state index in [0.29, 0.717) is 6.54 Å². The van der Waals surface area contributed by atoms with E-state index in [1.165, 1.54) is 6.20 Å². The number of hydrogen-bond acceptors (Lipinski definition) is 5. The van der Waals surface area contributed by atoms with Gasteiger partial charge < -0.3 is 15.2 Å². The van der Waals surface area contributed by atoms with Crippen molar-refractivity contribution in [1.82, 2.24) is 15.3 Å². The van der Waals surface area contributed by atoms with Gasteiger partial charge in [-0.05, 0) is 30.5 Å². The number of benzene rings is 1. The molecule has 1 heterocycles. The fraction of sp³-hybridized carbons (Fsp3) is 0.368. The predicted molar refractivity (Wildman–Crippen MR) is 94.5 cm³/mol. The number of carbonyl (C=O) groups excluding carboxylic acids is 1. The minimum Gasteiger partial charge on any atom is -0.497 e. The summed E-state index contributed by atoms with van der Waals surface area (Å²) in [5, 5.41) is 11.8. The molecule has 2 aromatic rings. The smallest absolute Gasteiger partial charge is 0.356 e. The molecule has 1 aliphatic carbocycles. The Kier molecular flexibility index (Phi) is 5.16. The summed E-state index contributed by atoms with van der Waals surface area (Å²) in [6.45, 7) is 0.487. The van der Waals surface area contributed by atoms with Crippen molar-refractivity contribution in [2.75, 3.05) is 13.7 Å². The summed E-state index contributed by atoms with van der Waals surface area (Å²) in [6.07, 6.45) is 6.48. The molecule has 0 atom stereocenters. The molecule has 1 aliphatic rings. The topological polar surface area (TPSA) is 101 Å². The number of carboxylic acids is 1. The molecule has 1 aromatic heterocycles. The number of methoxy groups -OCH3 is 1. The highest BCUT2D eigenvalue weighted by molar-refractivity contribution is 5.92. The number of carboxylic acid groups (broad SMARTS) is 1. The molecule has 1 fully saturated rings. The third kappa shape index (κ3) is 3.66. The van der Waals surface area contributed by atoms with Gasteiger partial charge >= 0.3 is 5.97 Å². The SMILES string of the molecule is COc1cccc(C2(CNC(=O)c3cnc(C(=O)O)cn3)CCCC2)c1. The summed E-state index contributed by atoms with van der Waals surface area (Å²) in [7, 11) is 1.64. The molecule has 1 saturated carbocycles. The summed E-state index contributed by atoms with van der Waals surface area (Å²) in [5.41, 5.74) is 0.944. The van der Waals surface area contributed by atoms with Gasteiger partial charge in [-0.25, -0.2) is 14.8 Å². The number of nitrogens with one attached hydrogen (secondary N) is 1. The van der Waals surface area contributed by atoms with E-state index in [1.807, 2.05) is 18.2 Å². The molecule has 2 N–H and O–H groups in total. The van der Waals surface area contributed by atoms with Crippen molar-refractivity contribution in [2.24, 2.45) is 0 Å². The first kappa shape index (κ1) is 17.8. The highest BCUT2D eigenvalue weighted by Crippen LogP contribution is 2.41. The lowest BCUT2D eigenvalue weighted by Crippen LogP contribution is -2.39. The van der Waals surface area contributed by atoms with E-state index in [1.54, 1.807) is 7.11 Å². The Hall–Kier alpha value is -2.96. The van der Waals surface area contributed by atoms with Crippen LogP contribution in [0.4, 0.5) is 0 Å². The Balaban J connectivity index is 1.74. The molecule has 0 aliphatic heterocycles. The fourth-order valence-electron chi connectivity index (χ4n) is 3.47. The van der Waals surface area contributed by atoms with Crippen molar-refractivity contribution in [3.05, 3.63) is 53.6 Å². The Morgan fingerprint density at radius 1 is 1.19 bits per heavy atom. The molecule has 7 nitrogen and oxygen atoms in total. The van der Waals surface area contributed by atoms with Gasteiger partial charge in [0.2, 0.25) is 0 Å². The second-order valence-electron chi connectivity index (χ2n) is 6.49. The van der Waals surface area contributed by atoms with Crippen LogP contribution in [-0.2, 0) is 5.41 Å². The Labute approximate surface area is 151 Å². The van der Waals surface area contributed by atoms with Gasteiger partial charge in [-0.15, -0.1) is 0 Å². The largest absolute Gasteiger partial charge is 0.497 e. The monoisotopic (exact) mass is 355 g/mol. The molecule has 0 saturated heterocycles. The number of aromatic nitrogens is 2. The number of rotatable bonds is 6. The van der Waals surface area contributed by atoms with Crippen molar-refractivity contribution in [3.8, 4) is 5.75 Å². The van der Waals surface area contributed by atoms with Crippen LogP contribution in [0, 0.1) is 0 Å². The molecular weight excluding hydrogens is 334 g/mol. The summed E-state index contributed by atoms with van der Waals surface area (Å²) in [4.78, 5) is 30.8. The molecule has 3 rings (SSSR count). The van der Waals surface area contributed by atoms with Gasteiger partial charge in [0.25, 0.3) is 5.91 Å². The first-order chi connectivity index (χ1) is 12.5.